The highest BCUT2D eigenvalue weighted by molar-refractivity contribution is 7.87. The Morgan fingerprint density at radius 1 is 1.03 bits per heavy atom. The third kappa shape index (κ3) is 10.2. The minimum Gasteiger partial charge on any atom is -0.453 e. The summed E-state index contributed by atoms with van der Waals surface area (Å²) in [5.74, 6) is -0.619. The summed E-state index contributed by atoms with van der Waals surface area (Å²) in [5.41, 5.74) is 1.19. The van der Waals surface area contributed by atoms with E-state index in [-0.39, 0.29) is 29.2 Å². The minimum atomic E-state index is -4.48. The number of rotatable bonds is 11. The van der Waals surface area contributed by atoms with Crippen molar-refractivity contribution in [2.45, 2.75) is 37.5 Å². The molecule has 1 aromatic heterocycles. The molecule has 210 valence electrons. The summed E-state index contributed by atoms with van der Waals surface area (Å²) in [6.45, 7) is 0. The highest BCUT2D eigenvalue weighted by Gasteiger charge is 2.31. The van der Waals surface area contributed by atoms with Gasteiger partial charge < -0.3 is 15.4 Å². The van der Waals surface area contributed by atoms with E-state index in [4.69, 9.17) is 4.55 Å². The van der Waals surface area contributed by atoms with Crippen molar-refractivity contribution < 1.29 is 40.5 Å². The molecule has 3 aromatic rings. The molecule has 39 heavy (non-hydrogen) atoms. The number of thiazole rings is 1. The van der Waals surface area contributed by atoms with Gasteiger partial charge in [-0.15, -0.1) is 11.3 Å². The van der Waals surface area contributed by atoms with E-state index in [1.165, 1.54) is 29.6 Å². The van der Waals surface area contributed by atoms with E-state index in [0.29, 0.717) is 5.56 Å². The van der Waals surface area contributed by atoms with E-state index in [1.807, 2.05) is 4.72 Å². The normalized spacial score (nSPS) is 13.3. The van der Waals surface area contributed by atoms with Crippen LogP contribution in [-0.2, 0) is 39.1 Å². The van der Waals surface area contributed by atoms with Gasteiger partial charge in [0.1, 0.15) is 11.0 Å². The zero-order valence-corrected chi connectivity index (χ0v) is 22.1. The van der Waals surface area contributed by atoms with Crippen LogP contribution in [0.4, 0.5) is 23.7 Å². The fraction of sp³-hybridized carbons (Fsp3) is 0.292. The molecule has 0 saturated carbocycles. The first kappa shape index (κ1) is 29.9. The SMILES string of the molecule is COC(=O)N[C@@H](Cc1ccccc1)C(=O)NC(Cc1ccc(NS(=O)(=O)O)cc1)c1nc(CC(F)(F)F)cs1. The van der Waals surface area contributed by atoms with Gasteiger partial charge in [-0.3, -0.25) is 14.1 Å². The molecule has 1 heterocycles. The Bertz CT molecular complexity index is 1370. The van der Waals surface area contributed by atoms with Crippen LogP contribution in [0.25, 0.3) is 0 Å². The van der Waals surface area contributed by atoms with Crippen molar-refractivity contribution in [2.24, 2.45) is 0 Å². The highest BCUT2D eigenvalue weighted by Crippen LogP contribution is 2.27. The van der Waals surface area contributed by atoms with Gasteiger partial charge in [0.05, 0.1) is 31.0 Å². The first-order valence-electron chi connectivity index (χ1n) is 11.4. The topological polar surface area (TPSA) is 147 Å². The maximum Gasteiger partial charge on any atom is 0.407 e. The molecule has 4 N–H and O–H groups in total. The molecule has 3 rings (SSSR count). The van der Waals surface area contributed by atoms with Crippen LogP contribution in [-0.4, -0.2) is 49.3 Å². The molecule has 0 bridgehead atoms. The van der Waals surface area contributed by atoms with Crippen molar-refractivity contribution in [1.82, 2.24) is 15.6 Å². The molecule has 0 radical (unpaired) electrons. The van der Waals surface area contributed by atoms with Crippen molar-refractivity contribution in [3.63, 3.8) is 0 Å². The summed E-state index contributed by atoms with van der Waals surface area (Å²) in [7, 11) is -3.34. The molecule has 2 atom stereocenters. The molecule has 10 nitrogen and oxygen atoms in total. The Morgan fingerprint density at radius 3 is 2.26 bits per heavy atom. The number of aromatic nitrogens is 1. The number of anilines is 1. The average Bonchev–Trinajstić information content (AvgIpc) is 3.30. The molecule has 15 heteroatoms. The molecule has 0 saturated heterocycles. The van der Waals surface area contributed by atoms with Crippen LogP contribution in [0.1, 0.15) is 27.9 Å². The first-order chi connectivity index (χ1) is 18.3. The van der Waals surface area contributed by atoms with Crippen molar-refractivity contribution in [1.29, 1.82) is 0 Å². The minimum absolute atomic E-state index is 0.0765. The van der Waals surface area contributed by atoms with Gasteiger partial charge in [-0.1, -0.05) is 42.5 Å². The number of methoxy groups -OCH3 is 1. The number of alkyl halides is 3. The summed E-state index contributed by atoms with van der Waals surface area (Å²) in [6, 6.07) is 12.7. The average molecular weight is 587 g/mol. The zero-order chi connectivity index (χ0) is 28.6. The zero-order valence-electron chi connectivity index (χ0n) is 20.4. The largest absolute Gasteiger partial charge is 0.453 e. The number of carbonyl (C=O) groups is 2. The van der Waals surface area contributed by atoms with Gasteiger partial charge in [0.25, 0.3) is 0 Å². The van der Waals surface area contributed by atoms with Gasteiger partial charge in [0, 0.05) is 11.8 Å². The smallest absolute Gasteiger partial charge is 0.407 e. The van der Waals surface area contributed by atoms with E-state index in [1.54, 1.807) is 30.3 Å². The van der Waals surface area contributed by atoms with Crippen LogP contribution >= 0.6 is 11.3 Å². The summed E-state index contributed by atoms with van der Waals surface area (Å²) in [6.07, 6.45) is -6.35. The second-order valence-corrected chi connectivity index (χ2v) is 10.4. The molecule has 0 aliphatic heterocycles. The van der Waals surface area contributed by atoms with Gasteiger partial charge in [0.15, 0.2) is 0 Å². The molecule has 2 aromatic carbocycles. The third-order valence-corrected chi connectivity index (χ3v) is 6.78. The number of nitrogens with zero attached hydrogens (tertiary/aromatic N) is 1. The molecular weight excluding hydrogens is 561 g/mol. The Labute approximate surface area is 226 Å². The summed E-state index contributed by atoms with van der Waals surface area (Å²) < 4.78 is 76.3. The Hall–Kier alpha value is -3.69. The number of halogens is 3. The second-order valence-electron chi connectivity index (χ2n) is 8.39. The van der Waals surface area contributed by atoms with Crippen molar-refractivity contribution in [3.05, 3.63) is 81.8 Å². The van der Waals surface area contributed by atoms with Gasteiger partial charge in [-0.05, 0) is 29.7 Å². The lowest BCUT2D eigenvalue weighted by atomic mass is 10.0. The monoisotopic (exact) mass is 586 g/mol. The Morgan fingerprint density at radius 2 is 1.67 bits per heavy atom. The van der Waals surface area contributed by atoms with Crippen LogP contribution in [0.3, 0.4) is 0 Å². The number of carbonyl (C=O) groups excluding carboxylic acids is 2. The van der Waals surface area contributed by atoms with E-state index in [9.17, 15) is 31.2 Å². The van der Waals surface area contributed by atoms with E-state index < -0.39 is 47.0 Å². The standard InChI is InChI=1S/C24H25F3N4O6S2/c1-37-23(33)30-19(11-15-5-3-2-4-6-15)21(32)29-20(22-28-18(14-38-22)13-24(25,26)27)12-16-7-9-17(10-8-16)31-39(34,35)36/h2-10,14,19-20,31H,11-13H2,1H3,(H,29,32)(H,30,33)(H,34,35,36)/t19-,20?/m0/s1. The maximum atomic E-state index is 13.3. The van der Waals surface area contributed by atoms with Gasteiger partial charge >= 0.3 is 22.6 Å². The van der Waals surface area contributed by atoms with Crippen molar-refractivity contribution >= 4 is 39.3 Å². The lowest BCUT2D eigenvalue weighted by molar-refractivity contribution is -0.128. The molecule has 2 amide bonds. The number of ether oxygens (including phenoxy) is 1. The number of alkyl carbamates (subject to hydrolysis) is 1. The van der Waals surface area contributed by atoms with Gasteiger partial charge in [-0.25, -0.2) is 9.78 Å². The fourth-order valence-corrected chi connectivity index (χ4v) is 4.90. The Kier molecular flexibility index (Phi) is 9.88. The molecule has 0 aliphatic carbocycles. The van der Waals surface area contributed by atoms with Crippen LogP contribution in [0, 0.1) is 0 Å². The van der Waals surface area contributed by atoms with E-state index in [2.05, 4.69) is 20.4 Å². The second kappa shape index (κ2) is 12.9. The lowest BCUT2D eigenvalue weighted by Gasteiger charge is -2.22. The van der Waals surface area contributed by atoms with Crippen LogP contribution in [0.15, 0.2) is 60.0 Å². The predicted octanol–water partition coefficient (Wildman–Crippen LogP) is 3.83. The number of benzene rings is 2. The number of amides is 2. The van der Waals surface area contributed by atoms with Crippen molar-refractivity contribution in [3.8, 4) is 0 Å². The predicted molar refractivity (Wildman–Crippen MR) is 138 cm³/mol. The van der Waals surface area contributed by atoms with Crippen LogP contribution in [0.5, 0.6) is 0 Å². The van der Waals surface area contributed by atoms with E-state index >= 15 is 0 Å². The number of hydrogen-bond donors (Lipinski definition) is 4. The molecule has 0 fully saturated rings. The third-order valence-electron chi connectivity index (χ3n) is 5.28. The van der Waals surface area contributed by atoms with Gasteiger partial charge in [0.2, 0.25) is 5.91 Å². The summed E-state index contributed by atoms with van der Waals surface area (Å²) in [5, 5.41) is 6.71. The Balaban J connectivity index is 1.86. The number of nitrogens with one attached hydrogen (secondary N) is 3. The fourth-order valence-electron chi connectivity index (χ4n) is 3.60. The molecular formula is C24H25F3N4O6S2. The number of hydrogen-bond acceptors (Lipinski definition) is 7. The van der Waals surface area contributed by atoms with Crippen LogP contribution in [0.2, 0.25) is 0 Å². The summed E-state index contributed by atoms with van der Waals surface area (Å²) in [4.78, 5) is 29.3. The van der Waals surface area contributed by atoms with Crippen molar-refractivity contribution in [2.75, 3.05) is 11.8 Å². The molecule has 0 spiro atoms. The summed E-state index contributed by atoms with van der Waals surface area (Å²) >= 11 is 0.942. The highest BCUT2D eigenvalue weighted by atomic mass is 32.2. The van der Waals surface area contributed by atoms with Crippen LogP contribution < -0.4 is 15.4 Å². The maximum absolute atomic E-state index is 13.3. The van der Waals surface area contributed by atoms with E-state index in [0.717, 1.165) is 24.0 Å². The molecule has 1 unspecified atom stereocenters. The lowest BCUT2D eigenvalue weighted by Crippen LogP contribution is -2.49. The quantitative estimate of drug-likeness (QED) is 0.250. The first-order valence-corrected chi connectivity index (χ1v) is 13.7. The molecule has 0 aliphatic rings. The van der Waals surface area contributed by atoms with Gasteiger partial charge in [-0.2, -0.15) is 21.6 Å².